The van der Waals surface area contributed by atoms with Gasteiger partial charge in [-0.15, -0.1) is 0 Å². The van der Waals surface area contributed by atoms with Crippen LogP contribution in [-0.4, -0.2) is 28.4 Å². The van der Waals surface area contributed by atoms with Crippen molar-refractivity contribution >= 4 is 15.2 Å². The van der Waals surface area contributed by atoms with Gasteiger partial charge in [-0.25, -0.2) is 0 Å². The van der Waals surface area contributed by atoms with Crippen molar-refractivity contribution in [3.63, 3.8) is 0 Å². The highest BCUT2D eigenvalue weighted by atomic mass is 27.1. The molecule has 0 amide bonds. The number of rotatable bonds is 7. The van der Waals surface area contributed by atoms with Gasteiger partial charge in [-0.2, -0.15) is 0 Å². The monoisotopic (exact) mass is 172 g/mol. The maximum absolute atomic E-state index is 5.26. The summed E-state index contributed by atoms with van der Waals surface area (Å²) < 4.78 is 5.26. The first kappa shape index (κ1) is 11.5. The van der Waals surface area contributed by atoms with E-state index in [0.29, 0.717) is 0 Å². The minimum absolute atomic E-state index is 0.256. The zero-order valence-electron chi connectivity index (χ0n) is 8.23. The fourth-order valence-electron chi connectivity index (χ4n) is 1.08. The standard InChI is InChI=1S/C5H11O.C4H9.Al.H/c1-3-5-6-4-2;1-4(2)3;;/h1,3-5H2,2H3;4H,1H2,2-3H3;;. The Kier molecular flexibility index (Phi) is 8.97. The van der Waals surface area contributed by atoms with Crippen LogP contribution in [0, 0.1) is 5.92 Å². The molecule has 11 heavy (non-hydrogen) atoms. The predicted molar refractivity (Wildman–Crippen MR) is 52.7 cm³/mol. The first-order valence-corrected chi connectivity index (χ1v) is 6.85. The second kappa shape index (κ2) is 8.59. The zero-order valence-corrected chi connectivity index (χ0v) is 9.64. The van der Waals surface area contributed by atoms with E-state index in [1.807, 2.05) is 0 Å². The van der Waals surface area contributed by atoms with Crippen molar-refractivity contribution in [2.75, 3.05) is 13.2 Å². The van der Waals surface area contributed by atoms with Crippen molar-refractivity contribution in [3.8, 4) is 0 Å². The van der Waals surface area contributed by atoms with Crippen LogP contribution in [0.2, 0.25) is 10.6 Å². The van der Waals surface area contributed by atoms with E-state index in [9.17, 15) is 0 Å². The normalized spacial score (nSPS) is 10.5. The van der Waals surface area contributed by atoms with E-state index in [0.717, 1.165) is 19.1 Å². The molecule has 2 heteroatoms. The summed E-state index contributed by atoms with van der Waals surface area (Å²) in [6, 6.07) is 0. The zero-order chi connectivity index (χ0) is 8.53. The van der Waals surface area contributed by atoms with Crippen molar-refractivity contribution < 1.29 is 4.74 Å². The Morgan fingerprint density at radius 1 is 1.36 bits per heavy atom. The van der Waals surface area contributed by atoms with E-state index < -0.39 is 0 Å². The SMILES string of the molecule is CCOCC[CH2][AlH][CH2]C(C)C. The van der Waals surface area contributed by atoms with Gasteiger partial charge in [-0.05, 0) is 13.3 Å². The maximum atomic E-state index is 5.26. The Bertz CT molecular complexity index is 74.0. The highest BCUT2D eigenvalue weighted by molar-refractivity contribution is 6.35. The molecule has 0 fully saturated rings. The molecule has 0 radical (unpaired) electrons. The van der Waals surface area contributed by atoms with Gasteiger partial charge in [0.25, 0.3) is 0 Å². The largest absolute Gasteiger partial charge is 0.382 e. The molecule has 0 rings (SSSR count). The lowest BCUT2D eigenvalue weighted by Gasteiger charge is -2.01. The first-order chi connectivity index (χ1) is 5.27. The van der Waals surface area contributed by atoms with Crippen LogP contribution in [0.25, 0.3) is 0 Å². The van der Waals surface area contributed by atoms with Crippen molar-refractivity contribution in [2.24, 2.45) is 5.92 Å². The van der Waals surface area contributed by atoms with Crippen LogP contribution >= 0.6 is 0 Å². The molecule has 0 aliphatic heterocycles. The molecule has 0 atom stereocenters. The van der Waals surface area contributed by atoms with Gasteiger partial charge in [0, 0.05) is 13.2 Å². The smallest absolute Gasteiger partial charge is 0.237 e. The Morgan fingerprint density at radius 3 is 2.64 bits per heavy atom. The molecule has 0 heterocycles. The third-order valence-electron chi connectivity index (χ3n) is 1.77. The Morgan fingerprint density at radius 2 is 2.09 bits per heavy atom. The Hall–Kier alpha value is 0.492. The summed E-state index contributed by atoms with van der Waals surface area (Å²) in [4.78, 5) is 0. The molecule has 0 bridgehead atoms. The van der Waals surface area contributed by atoms with Gasteiger partial charge in [0.1, 0.15) is 0 Å². The van der Waals surface area contributed by atoms with Crippen molar-refractivity contribution in [2.45, 2.75) is 37.8 Å². The van der Waals surface area contributed by atoms with Crippen molar-refractivity contribution in [1.29, 1.82) is 0 Å². The Balaban J connectivity index is 2.80. The minimum atomic E-state index is 0.256. The van der Waals surface area contributed by atoms with Gasteiger partial charge in [0.15, 0.2) is 0 Å². The third kappa shape index (κ3) is 10.5. The molecular weight excluding hydrogens is 151 g/mol. The van der Waals surface area contributed by atoms with Crippen LogP contribution in [0.5, 0.6) is 0 Å². The highest BCUT2D eigenvalue weighted by Crippen LogP contribution is 2.02. The lowest BCUT2D eigenvalue weighted by molar-refractivity contribution is 0.148. The van der Waals surface area contributed by atoms with Crippen LogP contribution in [0.1, 0.15) is 27.2 Å². The summed E-state index contributed by atoms with van der Waals surface area (Å²) in [7, 11) is 0. The van der Waals surface area contributed by atoms with Crippen LogP contribution in [-0.2, 0) is 4.74 Å². The van der Waals surface area contributed by atoms with Gasteiger partial charge in [-0.1, -0.05) is 30.3 Å². The molecule has 0 aromatic heterocycles. The molecule has 0 aromatic rings. The lowest BCUT2D eigenvalue weighted by Crippen LogP contribution is -1.99. The maximum Gasteiger partial charge on any atom is 0.237 e. The summed E-state index contributed by atoms with van der Waals surface area (Å²) in [6.45, 7) is 8.56. The topological polar surface area (TPSA) is 9.23 Å². The van der Waals surface area contributed by atoms with E-state index in [2.05, 4.69) is 20.8 Å². The van der Waals surface area contributed by atoms with Crippen LogP contribution < -0.4 is 0 Å². The average molecular weight is 172 g/mol. The average Bonchev–Trinajstić information content (AvgIpc) is 1.96. The molecule has 0 saturated heterocycles. The molecule has 0 unspecified atom stereocenters. The molecule has 1 nitrogen and oxygen atoms in total. The summed E-state index contributed by atoms with van der Waals surface area (Å²) in [5.41, 5.74) is 0. The predicted octanol–water partition coefficient (Wildman–Crippen LogP) is 2.34. The van der Waals surface area contributed by atoms with Gasteiger partial charge < -0.3 is 4.74 Å². The van der Waals surface area contributed by atoms with Crippen LogP contribution in [0.4, 0.5) is 0 Å². The molecule has 0 aromatic carbocycles. The van der Waals surface area contributed by atoms with E-state index in [1.165, 1.54) is 17.0 Å². The van der Waals surface area contributed by atoms with Crippen molar-refractivity contribution in [1.82, 2.24) is 0 Å². The van der Waals surface area contributed by atoms with E-state index >= 15 is 0 Å². The van der Waals surface area contributed by atoms with Gasteiger partial charge in [0.05, 0.1) is 0 Å². The second-order valence-electron chi connectivity index (χ2n) is 3.44. The number of ether oxygens (including phenoxy) is 1. The Labute approximate surface area is 77.2 Å². The van der Waals surface area contributed by atoms with Crippen LogP contribution in [0.3, 0.4) is 0 Å². The van der Waals surface area contributed by atoms with Gasteiger partial charge in [-0.3, -0.25) is 0 Å². The number of hydrogen-bond acceptors (Lipinski definition) is 1. The summed E-state index contributed by atoms with van der Waals surface area (Å²) in [6.07, 6.45) is 1.30. The summed E-state index contributed by atoms with van der Waals surface area (Å²) in [5, 5.41) is 2.98. The van der Waals surface area contributed by atoms with E-state index in [4.69, 9.17) is 4.74 Å². The van der Waals surface area contributed by atoms with E-state index in [-0.39, 0.29) is 15.2 Å². The fourth-order valence-corrected chi connectivity index (χ4v) is 2.74. The molecule has 0 spiro atoms. The molecule has 0 N–H and O–H groups in total. The number of hydrogen-bond donors (Lipinski definition) is 0. The quantitative estimate of drug-likeness (QED) is 0.423. The van der Waals surface area contributed by atoms with Gasteiger partial charge >= 0.3 is 0 Å². The molecule has 66 valence electrons. The van der Waals surface area contributed by atoms with Gasteiger partial charge in [0.2, 0.25) is 15.2 Å². The highest BCUT2D eigenvalue weighted by Gasteiger charge is 1.97. The summed E-state index contributed by atoms with van der Waals surface area (Å²) in [5.74, 6) is 0.925. The fraction of sp³-hybridized carbons (Fsp3) is 1.00. The third-order valence-corrected chi connectivity index (χ3v) is 4.34. The first-order valence-electron chi connectivity index (χ1n) is 4.85. The second-order valence-corrected chi connectivity index (χ2v) is 5.43. The lowest BCUT2D eigenvalue weighted by atomic mass is 10.3. The van der Waals surface area contributed by atoms with Crippen LogP contribution in [0.15, 0.2) is 0 Å². The van der Waals surface area contributed by atoms with Crippen molar-refractivity contribution in [3.05, 3.63) is 0 Å². The molecule has 0 saturated carbocycles. The molecule has 0 aliphatic carbocycles. The molecular formula is C9H21AlO. The van der Waals surface area contributed by atoms with E-state index in [1.54, 1.807) is 0 Å². The summed E-state index contributed by atoms with van der Waals surface area (Å²) >= 11 is 0.256. The molecule has 0 aliphatic rings. The minimum Gasteiger partial charge on any atom is -0.382 e.